The van der Waals surface area contributed by atoms with E-state index in [1.165, 1.54) is 29.1 Å². The van der Waals surface area contributed by atoms with Crippen LogP contribution < -0.4 is 0 Å². The zero-order valence-electron chi connectivity index (χ0n) is 6.92. The van der Waals surface area contributed by atoms with Crippen LogP contribution in [0.1, 0.15) is 17.5 Å². The zero-order valence-corrected chi connectivity index (χ0v) is 7.73. The van der Waals surface area contributed by atoms with Gasteiger partial charge in [-0.2, -0.15) is 0 Å². The van der Waals surface area contributed by atoms with E-state index in [2.05, 4.69) is 12.1 Å². The van der Waals surface area contributed by atoms with E-state index in [9.17, 15) is 0 Å². The molecule has 0 aliphatic carbocycles. The number of aliphatic hydroxyl groups is 1. The van der Waals surface area contributed by atoms with Gasteiger partial charge in [-0.15, -0.1) is 11.8 Å². The van der Waals surface area contributed by atoms with E-state index in [0.717, 1.165) is 5.56 Å². The molecule has 0 fully saturated rings. The highest BCUT2D eigenvalue weighted by Gasteiger charge is 2.09. The van der Waals surface area contributed by atoms with Crippen LogP contribution in [0.25, 0.3) is 0 Å². The highest BCUT2D eigenvalue weighted by atomic mass is 32.2. The van der Waals surface area contributed by atoms with Crippen molar-refractivity contribution < 1.29 is 5.11 Å². The molecule has 0 aromatic heterocycles. The summed E-state index contributed by atoms with van der Waals surface area (Å²) in [4.78, 5) is 1.37. The van der Waals surface area contributed by atoms with Crippen molar-refractivity contribution in [2.24, 2.45) is 0 Å². The average molecular weight is 180 g/mol. The van der Waals surface area contributed by atoms with Crippen LogP contribution in [0.4, 0.5) is 0 Å². The molecular weight excluding hydrogens is 168 g/mol. The van der Waals surface area contributed by atoms with E-state index < -0.39 is 0 Å². The second-order valence-electron chi connectivity index (χ2n) is 3.05. The Morgan fingerprint density at radius 1 is 1.42 bits per heavy atom. The number of hydrogen-bond acceptors (Lipinski definition) is 2. The van der Waals surface area contributed by atoms with Crippen LogP contribution in [0.5, 0.6) is 0 Å². The van der Waals surface area contributed by atoms with Crippen molar-refractivity contribution in [3.05, 3.63) is 29.3 Å². The highest BCUT2D eigenvalue weighted by molar-refractivity contribution is 7.99. The maximum atomic E-state index is 8.93. The fourth-order valence-corrected chi connectivity index (χ4v) is 2.58. The van der Waals surface area contributed by atoms with Gasteiger partial charge >= 0.3 is 0 Å². The number of aryl methyl sites for hydroxylation is 1. The van der Waals surface area contributed by atoms with E-state index in [-0.39, 0.29) is 6.61 Å². The largest absolute Gasteiger partial charge is 0.392 e. The minimum Gasteiger partial charge on any atom is -0.392 e. The van der Waals surface area contributed by atoms with E-state index in [1.54, 1.807) is 0 Å². The van der Waals surface area contributed by atoms with Gasteiger partial charge in [-0.1, -0.05) is 12.1 Å². The standard InChI is InChI=1S/C10H12OS/c11-7-8-3-4-9-2-1-5-12-10(9)6-8/h3-4,6,11H,1-2,5,7H2. The molecule has 0 unspecified atom stereocenters. The Balaban J connectivity index is 2.36. The minimum absolute atomic E-state index is 0.161. The summed E-state index contributed by atoms with van der Waals surface area (Å²) >= 11 is 1.91. The van der Waals surface area contributed by atoms with Crippen LogP contribution in [0.2, 0.25) is 0 Å². The number of rotatable bonds is 1. The Bertz CT molecular complexity index is 283. The highest BCUT2D eigenvalue weighted by Crippen LogP contribution is 2.30. The molecule has 1 aliphatic heterocycles. The molecular formula is C10H12OS. The van der Waals surface area contributed by atoms with Gasteiger partial charge in [-0.05, 0) is 35.8 Å². The summed E-state index contributed by atoms with van der Waals surface area (Å²) in [5.41, 5.74) is 2.48. The topological polar surface area (TPSA) is 20.2 Å². The Labute approximate surface area is 76.8 Å². The minimum atomic E-state index is 0.161. The van der Waals surface area contributed by atoms with Crippen LogP contribution >= 0.6 is 11.8 Å². The van der Waals surface area contributed by atoms with Gasteiger partial charge in [0.15, 0.2) is 0 Å². The maximum Gasteiger partial charge on any atom is 0.0682 e. The first kappa shape index (κ1) is 8.14. The lowest BCUT2D eigenvalue weighted by atomic mass is 10.1. The quantitative estimate of drug-likeness (QED) is 0.715. The second-order valence-corrected chi connectivity index (χ2v) is 4.19. The van der Waals surface area contributed by atoms with E-state index >= 15 is 0 Å². The Hall–Kier alpha value is -0.470. The van der Waals surface area contributed by atoms with Gasteiger partial charge in [0.1, 0.15) is 0 Å². The van der Waals surface area contributed by atoms with Crippen LogP contribution in [-0.2, 0) is 13.0 Å². The van der Waals surface area contributed by atoms with Gasteiger partial charge in [-0.3, -0.25) is 0 Å². The lowest BCUT2D eigenvalue weighted by Crippen LogP contribution is -1.98. The lowest BCUT2D eigenvalue weighted by molar-refractivity contribution is 0.281. The number of aliphatic hydroxyl groups excluding tert-OH is 1. The molecule has 0 atom stereocenters. The third kappa shape index (κ3) is 1.50. The molecule has 64 valence electrons. The van der Waals surface area contributed by atoms with Crippen molar-refractivity contribution in [1.29, 1.82) is 0 Å². The first-order chi connectivity index (χ1) is 5.90. The third-order valence-corrected chi connectivity index (χ3v) is 3.35. The molecule has 1 aromatic carbocycles. The average Bonchev–Trinajstić information content (AvgIpc) is 2.17. The SMILES string of the molecule is OCc1ccc2c(c1)SCCC2. The van der Waals surface area contributed by atoms with Gasteiger partial charge in [0.25, 0.3) is 0 Å². The predicted molar refractivity (Wildman–Crippen MR) is 51.4 cm³/mol. The number of fused-ring (bicyclic) bond motifs is 1. The zero-order chi connectivity index (χ0) is 8.39. The molecule has 1 aromatic rings. The van der Waals surface area contributed by atoms with Crippen molar-refractivity contribution in [3.8, 4) is 0 Å². The molecule has 0 radical (unpaired) electrons. The molecule has 2 heteroatoms. The summed E-state index contributed by atoms with van der Waals surface area (Å²) in [6, 6.07) is 6.27. The normalized spacial score (nSPS) is 15.8. The smallest absolute Gasteiger partial charge is 0.0682 e. The van der Waals surface area contributed by atoms with Crippen molar-refractivity contribution in [2.45, 2.75) is 24.3 Å². The van der Waals surface area contributed by atoms with Crippen LogP contribution in [0.3, 0.4) is 0 Å². The molecule has 0 saturated heterocycles. The Morgan fingerprint density at radius 2 is 2.33 bits per heavy atom. The molecule has 0 amide bonds. The van der Waals surface area contributed by atoms with Gasteiger partial charge in [0.2, 0.25) is 0 Å². The van der Waals surface area contributed by atoms with Crippen LogP contribution in [0.15, 0.2) is 23.1 Å². The van der Waals surface area contributed by atoms with Crippen molar-refractivity contribution in [2.75, 3.05) is 5.75 Å². The lowest BCUT2D eigenvalue weighted by Gasteiger charge is -2.15. The molecule has 1 nitrogen and oxygen atoms in total. The summed E-state index contributed by atoms with van der Waals surface area (Å²) < 4.78 is 0. The van der Waals surface area contributed by atoms with Crippen molar-refractivity contribution >= 4 is 11.8 Å². The molecule has 12 heavy (non-hydrogen) atoms. The number of thioether (sulfide) groups is 1. The maximum absolute atomic E-state index is 8.93. The Kier molecular flexibility index (Phi) is 2.38. The first-order valence-corrected chi connectivity index (χ1v) is 5.24. The third-order valence-electron chi connectivity index (χ3n) is 2.16. The molecule has 0 saturated carbocycles. The predicted octanol–water partition coefficient (Wildman–Crippen LogP) is 2.22. The van der Waals surface area contributed by atoms with E-state index in [1.807, 2.05) is 17.8 Å². The summed E-state index contributed by atoms with van der Waals surface area (Å²) in [6.07, 6.45) is 2.49. The molecule has 1 heterocycles. The molecule has 0 bridgehead atoms. The fraction of sp³-hybridized carbons (Fsp3) is 0.400. The number of benzene rings is 1. The summed E-state index contributed by atoms with van der Waals surface area (Å²) in [5, 5.41) is 8.93. The monoisotopic (exact) mass is 180 g/mol. The van der Waals surface area contributed by atoms with Crippen LogP contribution in [-0.4, -0.2) is 10.9 Å². The van der Waals surface area contributed by atoms with Crippen molar-refractivity contribution in [1.82, 2.24) is 0 Å². The molecule has 2 rings (SSSR count). The van der Waals surface area contributed by atoms with Crippen molar-refractivity contribution in [3.63, 3.8) is 0 Å². The van der Waals surface area contributed by atoms with E-state index in [4.69, 9.17) is 5.11 Å². The number of hydrogen-bond donors (Lipinski definition) is 1. The van der Waals surface area contributed by atoms with Gasteiger partial charge in [0.05, 0.1) is 6.61 Å². The van der Waals surface area contributed by atoms with Gasteiger partial charge in [-0.25, -0.2) is 0 Å². The summed E-state index contributed by atoms with van der Waals surface area (Å²) in [5.74, 6) is 1.22. The first-order valence-electron chi connectivity index (χ1n) is 4.25. The molecule has 0 spiro atoms. The van der Waals surface area contributed by atoms with Gasteiger partial charge in [0, 0.05) is 4.90 Å². The second kappa shape index (κ2) is 3.50. The van der Waals surface area contributed by atoms with Crippen LogP contribution in [0, 0.1) is 0 Å². The molecule has 1 aliphatic rings. The van der Waals surface area contributed by atoms with Gasteiger partial charge < -0.3 is 5.11 Å². The van der Waals surface area contributed by atoms with E-state index in [0.29, 0.717) is 0 Å². The summed E-state index contributed by atoms with van der Waals surface area (Å²) in [6.45, 7) is 0.161. The molecule has 1 N–H and O–H groups in total. The summed E-state index contributed by atoms with van der Waals surface area (Å²) in [7, 11) is 0. The fourth-order valence-electron chi connectivity index (χ4n) is 1.48. The Morgan fingerprint density at radius 3 is 3.17 bits per heavy atom.